The largest absolute Gasteiger partial charge is 0.403 e. The third-order valence-corrected chi connectivity index (χ3v) is 3.60. The monoisotopic (exact) mass is 303 g/mol. The van der Waals surface area contributed by atoms with Crippen LogP contribution in [0.5, 0.6) is 0 Å². The van der Waals surface area contributed by atoms with Crippen LogP contribution in [0.25, 0.3) is 0 Å². The predicted octanol–water partition coefficient (Wildman–Crippen LogP) is 2.67. The fourth-order valence-corrected chi connectivity index (χ4v) is 2.24. The first-order valence-electron chi connectivity index (χ1n) is 4.50. The van der Waals surface area contributed by atoms with Gasteiger partial charge in [0.05, 0.1) is 12.8 Å². The van der Waals surface area contributed by atoms with Crippen molar-refractivity contribution in [3.05, 3.63) is 0 Å². The van der Waals surface area contributed by atoms with E-state index in [-0.39, 0.29) is 4.67 Å². The highest BCUT2D eigenvalue weighted by molar-refractivity contribution is 7.49. The molecule has 0 saturated carbocycles. The molecule has 0 aliphatic rings. The Balaban J connectivity index is 5.36. The van der Waals surface area contributed by atoms with Gasteiger partial charge in [0.15, 0.2) is 0 Å². The van der Waals surface area contributed by atoms with E-state index >= 15 is 0 Å². The molecule has 0 aliphatic heterocycles. The first kappa shape index (κ1) is 17.7. The molecule has 110 valence electrons. The summed E-state index contributed by atoms with van der Waals surface area (Å²) in [7, 11) is -4.69. The predicted molar refractivity (Wildman–Crippen MR) is 49.6 cm³/mol. The van der Waals surface area contributed by atoms with E-state index in [4.69, 9.17) is 9.79 Å². The molecule has 0 aliphatic carbocycles. The van der Waals surface area contributed by atoms with Gasteiger partial charge in [-0.1, -0.05) is 0 Å². The minimum absolute atomic E-state index is 0.193. The van der Waals surface area contributed by atoms with Gasteiger partial charge in [-0.15, -0.1) is 0 Å². The summed E-state index contributed by atoms with van der Waals surface area (Å²) in [6.45, 7) is 0.507. The van der Waals surface area contributed by atoms with E-state index in [1.165, 1.54) is 0 Å². The van der Waals surface area contributed by atoms with Crippen molar-refractivity contribution >= 4 is 7.75 Å². The lowest BCUT2D eigenvalue weighted by Gasteiger charge is -2.39. The van der Waals surface area contributed by atoms with Crippen LogP contribution >= 0.6 is 7.75 Å². The summed E-state index contributed by atoms with van der Waals surface area (Å²) >= 11 is 0. The minimum atomic E-state index is -5.22. The number of rotatable bonds is 4. The Hall–Kier alpha value is -0.310. The maximum absolute atomic E-state index is 12.2. The molecule has 4 nitrogen and oxygen atoms in total. The van der Waals surface area contributed by atoms with Crippen LogP contribution in [0.1, 0.15) is 19.8 Å². The average Bonchev–Trinajstić information content (AvgIpc) is 1.92. The highest BCUT2D eigenvalue weighted by Crippen LogP contribution is 2.50. The molecule has 0 radical (unpaired) electrons. The van der Waals surface area contributed by atoms with Gasteiger partial charge in [-0.2, -0.15) is 26.3 Å². The molecule has 0 aromatic heterocycles. The minimum Gasteiger partial charge on any atom is -0.312 e. The van der Waals surface area contributed by atoms with Crippen molar-refractivity contribution in [2.24, 2.45) is 0 Å². The lowest BCUT2D eigenvalue weighted by Crippen LogP contribution is -2.48. The van der Waals surface area contributed by atoms with Crippen LogP contribution in [0.3, 0.4) is 0 Å². The Morgan fingerprint density at radius 2 is 1.28 bits per heavy atom. The fourth-order valence-electron chi connectivity index (χ4n) is 1.47. The van der Waals surface area contributed by atoms with Crippen molar-refractivity contribution in [3.8, 4) is 0 Å². The van der Waals surface area contributed by atoms with Crippen LogP contribution in [-0.4, -0.2) is 39.4 Å². The zero-order valence-electron chi connectivity index (χ0n) is 9.38. The summed E-state index contributed by atoms with van der Waals surface area (Å²) in [6, 6.07) is 0. The van der Waals surface area contributed by atoms with E-state index in [0.717, 1.165) is 0 Å². The van der Waals surface area contributed by atoms with E-state index in [2.05, 4.69) is 0 Å². The molecule has 0 amide bonds. The molecule has 0 fully saturated rings. The van der Waals surface area contributed by atoms with E-state index < -0.39 is 38.5 Å². The van der Waals surface area contributed by atoms with Crippen LogP contribution in [0.2, 0.25) is 0 Å². The molecular weight excluding hydrogens is 291 g/mol. The molecule has 11 heteroatoms. The van der Waals surface area contributed by atoms with Crippen LogP contribution in [0.4, 0.5) is 26.3 Å². The summed E-state index contributed by atoms with van der Waals surface area (Å²) in [5.74, 6) is 0. The van der Waals surface area contributed by atoms with Crippen LogP contribution in [0, 0.1) is 0 Å². The van der Waals surface area contributed by atoms with Gasteiger partial charge in [-0.3, -0.25) is 0 Å². The Bertz CT molecular complexity index is 319. The van der Waals surface area contributed by atoms with Crippen molar-refractivity contribution in [3.63, 3.8) is 0 Å². The first-order chi connectivity index (χ1) is 7.57. The maximum Gasteiger partial charge on any atom is 0.403 e. The molecule has 0 spiro atoms. The van der Waals surface area contributed by atoms with E-state index in [1.807, 2.05) is 0 Å². The van der Waals surface area contributed by atoms with E-state index in [0.29, 0.717) is 14.0 Å². The number of hydrogen-bond acceptors (Lipinski definition) is 1. The lowest BCUT2D eigenvalue weighted by molar-refractivity contribution is -0.189. The summed E-state index contributed by atoms with van der Waals surface area (Å²) in [4.78, 5) is 17.4. The second-order valence-corrected chi connectivity index (χ2v) is 5.74. The van der Waals surface area contributed by atoms with Crippen molar-refractivity contribution < 1.29 is 40.7 Å². The second-order valence-electron chi connectivity index (χ2n) is 4.12. The molecular formula is C7H12F6NO3P. The molecule has 0 aromatic carbocycles. The van der Waals surface area contributed by atoms with Gasteiger partial charge < -0.3 is 9.79 Å². The summed E-state index contributed by atoms with van der Waals surface area (Å²) in [5, 5.41) is 0. The van der Waals surface area contributed by atoms with Gasteiger partial charge in [0.25, 0.3) is 0 Å². The van der Waals surface area contributed by atoms with Gasteiger partial charge in [-0.05, 0) is 14.0 Å². The topological polar surface area (TPSA) is 60.8 Å². The summed E-state index contributed by atoms with van der Waals surface area (Å²) < 4.78 is 84.0. The Morgan fingerprint density at radius 1 is 1.00 bits per heavy atom. The molecule has 0 heterocycles. The molecule has 0 aromatic rings. The maximum atomic E-state index is 12.2. The number of halogens is 6. The van der Waals surface area contributed by atoms with Gasteiger partial charge in [-0.25, -0.2) is 9.24 Å². The summed E-state index contributed by atoms with van der Waals surface area (Å²) in [6.07, 6.45) is -13.9. The molecule has 18 heavy (non-hydrogen) atoms. The number of hydrogen-bond donors (Lipinski definition) is 2. The highest BCUT2D eigenvalue weighted by Gasteiger charge is 2.51. The third-order valence-electron chi connectivity index (χ3n) is 2.33. The van der Waals surface area contributed by atoms with Gasteiger partial charge >= 0.3 is 20.1 Å². The number of alkyl halides is 6. The molecule has 0 bridgehead atoms. The normalized spacial score (nSPS) is 15.3. The van der Waals surface area contributed by atoms with Gasteiger partial charge in [0, 0.05) is 5.54 Å². The van der Waals surface area contributed by atoms with Crippen LogP contribution in [0.15, 0.2) is 0 Å². The van der Waals surface area contributed by atoms with Crippen LogP contribution < -0.4 is 0 Å². The fraction of sp³-hybridized carbons (Fsp3) is 1.00. The van der Waals surface area contributed by atoms with Crippen molar-refractivity contribution in [1.82, 2.24) is 4.67 Å². The van der Waals surface area contributed by atoms with Gasteiger partial charge in [0.1, 0.15) is 0 Å². The van der Waals surface area contributed by atoms with E-state index in [1.54, 1.807) is 0 Å². The third kappa shape index (κ3) is 6.03. The molecule has 0 rings (SSSR count). The van der Waals surface area contributed by atoms with Gasteiger partial charge in [0.2, 0.25) is 0 Å². The Morgan fingerprint density at radius 3 is 1.44 bits per heavy atom. The second kappa shape index (κ2) is 4.99. The molecule has 0 atom stereocenters. The standard InChI is InChI=1S/C7H12F6NO3P/c1-5(3-6(8,9)10,4-7(11,12)13)14(2)18(15,16)17/h3-4H2,1-2H3,(H2,15,16,17). The first-order valence-corrected chi connectivity index (χ1v) is 6.07. The lowest BCUT2D eigenvalue weighted by atomic mass is 9.93. The zero-order valence-corrected chi connectivity index (χ0v) is 10.3. The SMILES string of the molecule is CN(C(C)(CC(F)(F)F)CC(F)(F)F)P(=O)(O)O. The average molecular weight is 303 g/mol. The number of nitrogens with zero attached hydrogens (tertiary/aromatic N) is 1. The van der Waals surface area contributed by atoms with Crippen molar-refractivity contribution in [1.29, 1.82) is 0 Å². The zero-order chi connectivity index (χ0) is 15.0. The highest BCUT2D eigenvalue weighted by atomic mass is 31.2. The Labute approximate surface area is 98.8 Å². The molecule has 0 saturated heterocycles. The van der Waals surface area contributed by atoms with Crippen molar-refractivity contribution in [2.45, 2.75) is 37.7 Å². The smallest absolute Gasteiger partial charge is 0.312 e. The van der Waals surface area contributed by atoms with Crippen LogP contribution in [-0.2, 0) is 4.57 Å². The Kier molecular flexibility index (Phi) is 4.91. The van der Waals surface area contributed by atoms with E-state index in [9.17, 15) is 30.9 Å². The molecule has 0 unspecified atom stereocenters. The van der Waals surface area contributed by atoms with Crippen molar-refractivity contribution in [2.75, 3.05) is 7.05 Å². The molecule has 2 N–H and O–H groups in total. The summed E-state index contributed by atoms with van der Waals surface area (Å²) in [5.41, 5.74) is -2.77. The quantitative estimate of drug-likeness (QED) is 0.619.